The van der Waals surface area contributed by atoms with Crippen LogP contribution >= 0.6 is 0 Å². The molecular weight excluding hydrogens is 402 g/mol. The molecule has 0 aromatic heterocycles. The van der Waals surface area contributed by atoms with E-state index in [-0.39, 0.29) is 34.9 Å². The minimum absolute atomic E-state index is 0.00508. The third-order valence-corrected chi connectivity index (χ3v) is 10.5. The number of carbonyl (C=O) groups excluding carboxylic acids is 1. The topological polar surface area (TPSA) is 67.8 Å². The molecule has 0 radical (unpaired) electrons. The summed E-state index contributed by atoms with van der Waals surface area (Å²) in [7, 11) is 3.31. The first kappa shape index (κ1) is 24.5. The number of fused-ring (bicyclic) bond motifs is 5. The van der Waals surface area contributed by atoms with Crippen LogP contribution in [0.2, 0.25) is 0 Å². The highest BCUT2D eigenvalue weighted by Crippen LogP contribution is 2.67. The molecule has 4 aliphatic carbocycles. The van der Waals surface area contributed by atoms with Gasteiger partial charge in [-0.15, -0.1) is 0 Å². The van der Waals surface area contributed by atoms with E-state index in [1.54, 1.807) is 14.2 Å². The summed E-state index contributed by atoms with van der Waals surface area (Å²) in [6.45, 7) is 10.5. The Morgan fingerprint density at radius 1 is 1.09 bits per heavy atom. The van der Waals surface area contributed by atoms with Gasteiger partial charge in [0, 0.05) is 13.2 Å². The maximum Gasteiger partial charge on any atom is 0.309 e. The third-order valence-electron chi connectivity index (χ3n) is 10.5. The predicted molar refractivity (Wildman–Crippen MR) is 126 cm³/mol. The summed E-state index contributed by atoms with van der Waals surface area (Å²) in [4.78, 5) is 12.8. The maximum absolute atomic E-state index is 12.8. The highest BCUT2D eigenvalue weighted by Gasteiger charge is 2.65. The average molecular weight is 450 g/mol. The van der Waals surface area contributed by atoms with E-state index in [0.717, 1.165) is 38.6 Å². The minimum atomic E-state index is -0.342. The lowest BCUT2D eigenvalue weighted by molar-refractivity contribution is -0.179. The number of rotatable bonds is 6. The lowest BCUT2D eigenvalue weighted by Gasteiger charge is -2.64. The fourth-order valence-electron chi connectivity index (χ4n) is 8.96. The van der Waals surface area contributed by atoms with Crippen LogP contribution in [0.3, 0.4) is 0 Å². The molecule has 184 valence electrons. The molecular formula is C27H47NO4. The summed E-state index contributed by atoms with van der Waals surface area (Å²) < 4.78 is 11.1. The summed E-state index contributed by atoms with van der Waals surface area (Å²) >= 11 is 0. The van der Waals surface area contributed by atoms with Gasteiger partial charge in [0.15, 0.2) is 0 Å². The van der Waals surface area contributed by atoms with Crippen LogP contribution in [0.1, 0.15) is 79.1 Å². The van der Waals surface area contributed by atoms with Crippen molar-refractivity contribution < 1.29 is 19.4 Å². The van der Waals surface area contributed by atoms with Gasteiger partial charge in [0.25, 0.3) is 0 Å². The van der Waals surface area contributed by atoms with Gasteiger partial charge < -0.3 is 19.9 Å². The first-order valence-corrected chi connectivity index (χ1v) is 13.2. The Hall–Kier alpha value is -0.650. The summed E-state index contributed by atoms with van der Waals surface area (Å²) in [6, 6.07) is 0.408. The van der Waals surface area contributed by atoms with E-state index in [9.17, 15) is 9.90 Å². The lowest BCUT2D eigenvalue weighted by Crippen LogP contribution is -2.64. The van der Waals surface area contributed by atoms with E-state index in [1.807, 2.05) is 0 Å². The molecule has 4 fully saturated rings. The van der Waals surface area contributed by atoms with Gasteiger partial charge >= 0.3 is 5.97 Å². The normalized spacial score (nSPS) is 48.1. The molecule has 2 N–H and O–H groups in total. The standard InChI is InChI=1S/C27H47NO4/c1-16(2)11-12-28-21-14-27(4)19(9-10-20(27)25(30)32-6)18-8-7-17-13-22(29)23(31-5)15-26(17,3)24(18)21/h16-24,28-29H,7-15H2,1-6H3/t17?,18-,19-,20?,21?,22?,23?,24-,26-,27-/m0/s1. The van der Waals surface area contributed by atoms with Gasteiger partial charge in [-0.25, -0.2) is 0 Å². The van der Waals surface area contributed by atoms with Crippen molar-refractivity contribution in [3.05, 3.63) is 0 Å². The quantitative estimate of drug-likeness (QED) is 0.588. The van der Waals surface area contributed by atoms with Crippen LogP contribution in [0.25, 0.3) is 0 Å². The van der Waals surface area contributed by atoms with Gasteiger partial charge in [0.05, 0.1) is 25.2 Å². The first-order chi connectivity index (χ1) is 15.2. The van der Waals surface area contributed by atoms with Crippen molar-refractivity contribution in [3.8, 4) is 0 Å². The number of nitrogens with one attached hydrogen (secondary N) is 1. The van der Waals surface area contributed by atoms with Crippen LogP contribution in [0.15, 0.2) is 0 Å². The minimum Gasteiger partial charge on any atom is -0.469 e. The zero-order valence-electron chi connectivity index (χ0n) is 21.2. The molecule has 4 rings (SSSR count). The number of ether oxygens (including phenoxy) is 2. The highest BCUT2D eigenvalue weighted by molar-refractivity contribution is 5.74. The van der Waals surface area contributed by atoms with Gasteiger partial charge in [0.2, 0.25) is 0 Å². The highest BCUT2D eigenvalue weighted by atomic mass is 16.5. The second-order valence-electron chi connectivity index (χ2n) is 12.5. The Balaban J connectivity index is 1.67. The second kappa shape index (κ2) is 9.19. The van der Waals surface area contributed by atoms with Crippen LogP contribution in [0, 0.1) is 46.3 Å². The van der Waals surface area contributed by atoms with Crippen molar-refractivity contribution in [1.82, 2.24) is 5.32 Å². The van der Waals surface area contributed by atoms with E-state index in [4.69, 9.17) is 9.47 Å². The van der Waals surface area contributed by atoms with E-state index in [1.165, 1.54) is 19.3 Å². The molecule has 0 aromatic rings. The van der Waals surface area contributed by atoms with Crippen molar-refractivity contribution in [2.75, 3.05) is 20.8 Å². The fourth-order valence-corrected chi connectivity index (χ4v) is 8.96. The Kier molecular flexibility index (Phi) is 7.03. The molecule has 0 heterocycles. The van der Waals surface area contributed by atoms with E-state index in [0.29, 0.717) is 35.6 Å². The molecule has 10 atom stereocenters. The lowest BCUT2D eigenvalue weighted by atomic mass is 9.43. The molecule has 0 amide bonds. The van der Waals surface area contributed by atoms with Crippen molar-refractivity contribution in [2.24, 2.45) is 46.3 Å². The molecule has 32 heavy (non-hydrogen) atoms. The number of hydrogen-bond acceptors (Lipinski definition) is 5. The number of esters is 1. The van der Waals surface area contributed by atoms with Crippen LogP contribution in [-0.4, -0.2) is 50.1 Å². The molecule has 0 bridgehead atoms. The zero-order chi connectivity index (χ0) is 23.3. The largest absolute Gasteiger partial charge is 0.469 e. The van der Waals surface area contributed by atoms with Crippen LogP contribution < -0.4 is 5.32 Å². The molecule has 4 aliphatic rings. The molecule has 5 unspecified atom stereocenters. The molecule has 4 saturated carbocycles. The van der Waals surface area contributed by atoms with Crippen molar-refractivity contribution in [2.45, 2.75) is 97.3 Å². The van der Waals surface area contributed by atoms with E-state index in [2.05, 4.69) is 33.0 Å². The molecule has 0 spiro atoms. The van der Waals surface area contributed by atoms with Crippen molar-refractivity contribution >= 4 is 5.97 Å². The summed E-state index contributed by atoms with van der Waals surface area (Å²) in [5.74, 6) is 3.05. The number of aliphatic hydroxyl groups is 1. The van der Waals surface area contributed by atoms with Gasteiger partial charge in [-0.05, 0) is 98.3 Å². The number of aliphatic hydroxyl groups excluding tert-OH is 1. The van der Waals surface area contributed by atoms with Crippen molar-refractivity contribution in [1.29, 1.82) is 0 Å². The first-order valence-electron chi connectivity index (χ1n) is 13.2. The fraction of sp³-hybridized carbons (Fsp3) is 0.963. The van der Waals surface area contributed by atoms with Crippen LogP contribution in [0.5, 0.6) is 0 Å². The molecule has 0 saturated heterocycles. The number of carbonyl (C=O) groups is 1. The number of methoxy groups -OCH3 is 2. The Morgan fingerprint density at radius 2 is 1.84 bits per heavy atom. The maximum atomic E-state index is 12.8. The Morgan fingerprint density at radius 3 is 2.50 bits per heavy atom. The summed E-state index contributed by atoms with van der Waals surface area (Å²) in [5.41, 5.74) is 0.185. The van der Waals surface area contributed by atoms with Crippen molar-refractivity contribution in [3.63, 3.8) is 0 Å². The SMILES string of the molecule is COC(=O)C1CC[C@H]2[C@@H]3CCC4CC(O)C(OC)C[C@]4(C)[C@@H]3C(NCCC(C)C)C[C@]12C. The van der Waals surface area contributed by atoms with Gasteiger partial charge in [0.1, 0.15) is 0 Å². The number of hydrogen-bond donors (Lipinski definition) is 2. The zero-order valence-corrected chi connectivity index (χ0v) is 21.2. The molecule has 0 aromatic carbocycles. The van der Waals surface area contributed by atoms with Gasteiger partial charge in [-0.3, -0.25) is 4.79 Å². The molecule has 0 aliphatic heterocycles. The van der Waals surface area contributed by atoms with Crippen LogP contribution in [0.4, 0.5) is 0 Å². The second-order valence-corrected chi connectivity index (χ2v) is 12.5. The third kappa shape index (κ3) is 3.94. The molecule has 5 heteroatoms. The van der Waals surface area contributed by atoms with Gasteiger partial charge in [-0.1, -0.05) is 27.7 Å². The average Bonchev–Trinajstić information content (AvgIpc) is 3.09. The van der Waals surface area contributed by atoms with Gasteiger partial charge in [-0.2, -0.15) is 0 Å². The van der Waals surface area contributed by atoms with E-state index < -0.39 is 0 Å². The Bertz CT molecular complexity index is 683. The molecule has 5 nitrogen and oxygen atoms in total. The van der Waals surface area contributed by atoms with Crippen LogP contribution in [-0.2, 0) is 14.3 Å². The smallest absolute Gasteiger partial charge is 0.309 e. The summed E-state index contributed by atoms with van der Waals surface area (Å²) in [6.07, 6.45) is 8.17. The predicted octanol–water partition coefficient (Wildman–Crippen LogP) is 4.42. The monoisotopic (exact) mass is 449 g/mol. The Labute approximate surface area is 195 Å². The van der Waals surface area contributed by atoms with E-state index >= 15 is 0 Å². The summed E-state index contributed by atoms with van der Waals surface area (Å²) in [5, 5.41) is 14.7.